The maximum Gasteiger partial charge on any atom is 0.330 e. The summed E-state index contributed by atoms with van der Waals surface area (Å²) >= 11 is 0. The zero-order valence-electron chi connectivity index (χ0n) is 9.11. The van der Waals surface area contributed by atoms with Gasteiger partial charge in [0.1, 0.15) is 0 Å². The average molecular weight is 246 g/mol. The van der Waals surface area contributed by atoms with Crippen LogP contribution in [-0.4, -0.2) is 25.3 Å². The Kier molecular flexibility index (Phi) is 3.64. The van der Waals surface area contributed by atoms with Gasteiger partial charge >= 0.3 is 5.92 Å². The third-order valence-electron chi connectivity index (χ3n) is 2.01. The normalized spacial score (nSPS) is 12.5. The summed E-state index contributed by atoms with van der Waals surface area (Å²) in [5.74, 6) is -4.84. The average Bonchev–Trinajstić information content (AvgIpc) is 2.16. The van der Waals surface area contributed by atoms with Crippen LogP contribution in [0.1, 0.15) is 5.56 Å². The van der Waals surface area contributed by atoms with Gasteiger partial charge in [-0.3, -0.25) is 4.79 Å². The highest BCUT2D eigenvalue weighted by molar-refractivity contribution is 7.63. The van der Waals surface area contributed by atoms with E-state index in [1.54, 1.807) is 6.07 Å². The SMILES string of the molecule is CP(C)(=O)CC(=O)C(F)(F)c1ccccc1. The molecule has 0 aromatic heterocycles. The molecular formula is C11H13F2O2P. The lowest BCUT2D eigenvalue weighted by Crippen LogP contribution is -2.28. The molecule has 0 N–H and O–H groups in total. The molecule has 1 aromatic rings. The van der Waals surface area contributed by atoms with Crippen LogP contribution in [0.5, 0.6) is 0 Å². The fraction of sp³-hybridized carbons (Fsp3) is 0.364. The van der Waals surface area contributed by atoms with E-state index in [2.05, 4.69) is 0 Å². The van der Waals surface area contributed by atoms with Crippen molar-refractivity contribution >= 4 is 12.9 Å². The summed E-state index contributed by atoms with van der Waals surface area (Å²) in [6.07, 6.45) is -0.575. The van der Waals surface area contributed by atoms with Crippen LogP contribution in [0, 0.1) is 0 Å². The minimum Gasteiger partial charge on any atom is -0.324 e. The molecule has 1 rings (SSSR count). The predicted octanol–water partition coefficient (Wildman–Crippen LogP) is 2.97. The number of benzene rings is 1. The minimum atomic E-state index is -3.55. The van der Waals surface area contributed by atoms with Crippen LogP contribution >= 0.6 is 7.14 Å². The van der Waals surface area contributed by atoms with E-state index in [0.717, 1.165) is 0 Å². The van der Waals surface area contributed by atoms with Gasteiger partial charge in [0, 0.05) is 5.56 Å². The molecule has 0 amide bonds. The topological polar surface area (TPSA) is 34.1 Å². The third kappa shape index (κ3) is 3.24. The summed E-state index contributed by atoms with van der Waals surface area (Å²) in [4.78, 5) is 11.4. The van der Waals surface area contributed by atoms with Crippen LogP contribution in [0.25, 0.3) is 0 Å². The van der Waals surface area contributed by atoms with E-state index < -0.39 is 25.0 Å². The third-order valence-corrected chi connectivity index (χ3v) is 3.06. The fourth-order valence-electron chi connectivity index (χ4n) is 1.25. The summed E-state index contributed by atoms with van der Waals surface area (Å²) in [5, 5.41) is 0. The number of rotatable bonds is 4. The van der Waals surface area contributed by atoms with E-state index in [-0.39, 0.29) is 5.56 Å². The molecule has 0 bridgehead atoms. The van der Waals surface area contributed by atoms with Crippen molar-refractivity contribution in [2.24, 2.45) is 0 Å². The number of hydrogen-bond acceptors (Lipinski definition) is 2. The van der Waals surface area contributed by atoms with Gasteiger partial charge in [0.15, 0.2) is 0 Å². The van der Waals surface area contributed by atoms with Gasteiger partial charge in [0.25, 0.3) is 0 Å². The Labute approximate surface area is 93.0 Å². The van der Waals surface area contributed by atoms with Crippen molar-refractivity contribution in [1.29, 1.82) is 0 Å². The summed E-state index contributed by atoms with van der Waals surface area (Å²) in [6.45, 7) is 2.65. The van der Waals surface area contributed by atoms with Crippen molar-refractivity contribution in [3.63, 3.8) is 0 Å². The van der Waals surface area contributed by atoms with Crippen molar-refractivity contribution in [2.45, 2.75) is 5.92 Å². The molecule has 0 radical (unpaired) electrons. The molecule has 0 saturated heterocycles. The molecule has 0 atom stereocenters. The molecule has 0 aliphatic carbocycles. The molecule has 0 aliphatic rings. The van der Waals surface area contributed by atoms with E-state index in [0.29, 0.717) is 0 Å². The Morgan fingerprint density at radius 2 is 1.75 bits per heavy atom. The van der Waals surface area contributed by atoms with Gasteiger partial charge < -0.3 is 4.57 Å². The second kappa shape index (κ2) is 4.46. The first-order valence-electron chi connectivity index (χ1n) is 4.74. The van der Waals surface area contributed by atoms with Gasteiger partial charge in [-0.15, -0.1) is 0 Å². The van der Waals surface area contributed by atoms with Crippen LogP contribution in [0.4, 0.5) is 8.78 Å². The van der Waals surface area contributed by atoms with Crippen LogP contribution in [0.15, 0.2) is 30.3 Å². The summed E-state index contributed by atoms with van der Waals surface area (Å²) in [6, 6.07) is 6.85. The Hall–Kier alpha value is -1.02. The van der Waals surface area contributed by atoms with Crippen molar-refractivity contribution in [2.75, 3.05) is 19.5 Å². The first-order chi connectivity index (χ1) is 7.23. The predicted molar refractivity (Wildman–Crippen MR) is 59.7 cm³/mol. The van der Waals surface area contributed by atoms with Crippen LogP contribution in [0.3, 0.4) is 0 Å². The van der Waals surface area contributed by atoms with Gasteiger partial charge in [-0.05, 0) is 13.3 Å². The first-order valence-corrected chi connectivity index (χ1v) is 7.53. The molecule has 88 valence electrons. The summed E-state index contributed by atoms with van der Waals surface area (Å²) in [7, 11) is -2.77. The van der Waals surface area contributed by atoms with E-state index in [9.17, 15) is 18.1 Å². The molecule has 1 aromatic carbocycles. The number of ketones is 1. The molecule has 2 nitrogen and oxygen atoms in total. The molecular weight excluding hydrogens is 233 g/mol. The maximum atomic E-state index is 13.6. The summed E-state index contributed by atoms with van der Waals surface area (Å²) in [5.41, 5.74) is -0.353. The molecule has 0 heterocycles. The molecule has 0 fully saturated rings. The highest BCUT2D eigenvalue weighted by Crippen LogP contribution is 2.40. The number of alkyl halides is 2. The van der Waals surface area contributed by atoms with Crippen molar-refractivity contribution in [1.82, 2.24) is 0 Å². The zero-order chi connectivity index (χ0) is 12.4. The summed E-state index contributed by atoms with van der Waals surface area (Å²) < 4.78 is 38.6. The number of halogens is 2. The van der Waals surface area contributed by atoms with Crippen molar-refractivity contribution in [3.05, 3.63) is 35.9 Å². The number of hydrogen-bond donors (Lipinski definition) is 0. The lowest BCUT2D eigenvalue weighted by molar-refractivity contribution is -0.141. The van der Waals surface area contributed by atoms with E-state index >= 15 is 0 Å². The number of carbonyl (C=O) groups excluding carboxylic acids is 1. The van der Waals surface area contributed by atoms with Crippen molar-refractivity contribution in [3.8, 4) is 0 Å². The lowest BCUT2D eigenvalue weighted by atomic mass is 10.1. The molecule has 0 unspecified atom stereocenters. The second-order valence-corrected chi connectivity index (χ2v) is 7.56. The first kappa shape index (κ1) is 13.0. The molecule has 0 spiro atoms. The minimum absolute atomic E-state index is 0.353. The maximum absolute atomic E-state index is 13.6. The van der Waals surface area contributed by atoms with Crippen LogP contribution < -0.4 is 0 Å². The second-order valence-electron chi connectivity index (χ2n) is 4.10. The highest BCUT2D eigenvalue weighted by atomic mass is 31.2. The Morgan fingerprint density at radius 1 is 1.25 bits per heavy atom. The number of carbonyl (C=O) groups is 1. The quantitative estimate of drug-likeness (QED) is 0.765. The largest absolute Gasteiger partial charge is 0.330 e. The van der Waals surface area contributed by atoms with E-state index in [1.807, 2.05) is 0 Å². The molecule has 5 heteroatoms. The van der Waals surface area contributed by atoms with Gasteiger partial charge in [-0.25, -0.2) is 0 Å². The van der Waals surface area contributed by atoms with Gasteiger partial charge in [0.05, 0.1) is 13.3 Å². The van der Waals surface area contributed by atoms with Crippen molar-refractivity contribution < 1.29 is 18.1 Å². The Bertz CT molecular complexity index is 423. The Balaban J connectivity index is 2.95. The molecule has 0 aliphatic heterocycles. The van der Waals surface area contributed by atoms with Gasteiger partial charge in [-0.2, -0.15) is 8.78 Å². The number of Topliss-reactive ketones (excluding diaryl/α,β-unsaturated/α-hetero) is 1. The van der Waals surface area contributed by atoms with E-state index in [4.69, 9.17) is 0 Å². The van der Waals surface area contributed by atoms with Crippen LogP contribution in [0.2, 0.25) is 0 Å². The van der Waals surface area contributed by atoms with Gasteiger partial charge in [-0.1, -0.05) is 30.3 Å². The Morgan fingerprint density at radius 3 is 2.19 bits per heavy atom. The fourth-order valence-corrected chi connectivity index (χ4v) is 2.14. The standard InChI is InChI=1S/C11H13F2O2P/c1-16(2,15)8-10(14)11(12,13)9-6-4-3-5-7-9/h3-7H,8H2,1-2H3. The molecule has 16 heavy (non-hydrogen) atoms. The highest BCUT2D eigenvalue weighted by Gasteiger charge is 2.41. The van der Waals surface area contributed by atoms with E-state index in [1.165, 1.54) is 37.6 Å². The molecule has 0 saturated carbocycles. The zero-order valence-corrected chi connectivity index (χ0v) is 10.0. The monoisotopic (exact) mass is 246 g/mol. The van der Waals surface area contributed by atoms with Gasteiger partial charge in [0.2, 0.25) is 5.78 Å². The van der Waals surface area contributed by atoms with Crippen LogP contribution in [-0.2, 0) is 15.3 Å². The smallest absolute Gasteiger partial charge is 0.324 e. The lowest BCUT2D eigenvalue weighted by Gasteiger charge is -2.16.